The van der Waals surface area contributed by atoms with Gasteiger partial charge in [0.1, 0.15) is 0 Å². The van der Waals surface area contributed by atoms with Gasteiger partial charge in [-0.3, -0.25) is 14.6 Å². The van der Waals surface area contributed by atoms with E-state index in [0.717, 1.165) is 19.6 Å². The molecule has 0 aromatic carbocycles. The van der Waals surface area contributed by atoms with Crippen molar-refractivity contribution >= 4 is 17.8 Å². The smallest absolute Gasteiger partial charge is 0.305 e. The lowest BCUT2D eigenvalue weighted by Crippen LogP contribution is -2.40. The fourth-order valence-corrected chi connectivity index (χ4v) is 2.01. The Labute approximate surface area is 139 Å². The third kappa shape index (κ3) is 10.5. The lowest BCUT2D eigenvalue weighted by molar-refractivity contribution is -0.143. The van der Waals surface area contributed by atoms with Crippen LogP contribution >= 0.6 is 0 Å². The largest absolute Gasteiger partial charge is 0.466 e. The zero-order valence-corrected chi connectivity index (χ0v) is 15.0. The van der Waals surface area contributed by atoms with Gasteiger partial charge < -0.3 is 20.3 Å². The van der Waals surface area contributed by atoms with Crippen LogP contribution in [0.4, 0.5) is 0 Å². The summed E-state index contributed by atoms with van der Waals surface area (Å²) in [5.41, 5.74) is 0. The van der Waals surface area contributed by atoms with Crippen LogP contribution in [0.2, 0.25) is 0 Å². The molecule has 0 aliphatic heterocycles. The lowest BCUT2D eigenvalue weighted by atomic mass is 10.3. The number of nitrogens with zero attached hydrogens (tertiary/aromatic N) is 2. The molecule has 7 nitrogen and oxygen atoms in total. The first-order chi connectivity index (χ1) is 11.1. The zero-order valence-electron chi connectivity index (χ0n) is 15.0. The highest BCUT2D eigenvalue weighted by atomic mass is 16.5. The molecule has 0 atom stereocenters. The standard InChI is InChI=1S/C16H32N4O3/c1-5-17-16(18-12-9-10-15(22)23-8-4)19-13-11-14(21)20(6-2)7-3/h5-13H2,1-4H3,(H2,17,18,19). The fraction of sp³-hybridized carbons (Fsp3) is 0.812. The SMILES string of the molecule is CCNC(=NCCCC(=O)OCC)NCCC(=O)N(CC)CC. The average Bonchev–Trinajstić information content (AvgIpc) is 2.53. The highest BCUT2D eigenvalue weighted by Crippen LogP contribution is 1.94. The molecule has 0 spiro atoms. The van der Waals surface area contributed by atoms with Gasteiger partial charge in [-0.1, -0.05) is 0 Å². The minimum absolute atomic E-state index is 0.139. The van der Waals surface area contributed by atoms with Gasteiger partial charge in [-0.2, -0.15) is 0 Å². The van der Waals surface area contributed by atoms with E-state index in [1.54, 1.807) is 6.92 Å². The number of ether oxygens (including phenoxy) is 1. The summed E-state index contributed by atoms with van der Waals surface area (Å²) in [5.74, 6) is 0.620. The van der Waals surface area contributed by atoms with Crippen molar-refractivity contribution in [3.05, 3.63) is 0 Å². The van der Waals surface area contributed by atoms with E-state index in [0.29, 0.717) is 44.9 Å². The molecule has 23 heavy (non-hydrogen) atoms. The number of esters is 1. The summed E-state index contributed by atoms with van der Waals surface area (Å²) in [5, 5.41) is 6.27. The lowest BCUT2D eigenvalue weighted by Gasteiger charge is -2.19. The molecule has 7 heteroatoms. The van der Waals surface area contributed by atoms with Crippen LogP contribution in [0, 0.1) is 0 Å². The normalized spacial score (nSPS) is 11.0. The second-order valence-electron chi connectivity index (χ2n) is 4.91. The van der Waals surface area contributed by atoms with Gasteiger partial charge in [0.15, 0.2) is 5.96 Å². The molecule has 134 valence electrons. The summed E-state index contributed by atoms with van der Waals surface area (Å²) in [6.07, 6.45) is 1.46. The van der Waals surface area contributed by atoms with Crippen LogP contribution in [0.25, 0.3) is 0 Å². The van der Waals surface area contributed by atoms with Crippen molar-refractivity contribution in [3.63, 3.8) is 0 Å². The van der Waals surface area contributed by atoms with E-state index in [4.69, 9.17) is 4.74 Å². The van der Waals surface area contributed by atoms with Gasteiger partial charge in [0.05, 0.1) is 6.61 Å². The predicted octanol–water partition coefficient (Wildman–Crippen LogP) is 1.14. The topological polar surface area (TPSA) is 83.0 Å². The number of amides is 1. The first-order valence-electron chi connectivity index (χ1n) is 8.54. The van der Waals surface area contributed by atoms with Crippen molar-refractivity contribution in [2.45, 2.75) is 47.0 Å². The Kier molecular flexibility index (Phi) is 12.8. The van der Waals surface area contributed by atoms with Crippen molar-refractivity contribution in [1.82, 2.24) is 15.5 Å². The maximum Gasteiger partial charge on any atom is 0.305 e. The molecule has 0 aromatic heterocycles. The van der Waals surface area contributed by atoms with Gasteiger partial charge in [-0.05, 0) is 34.1 Å². The van der Waals surface area contributed by atoms with E-state index in [2.05, 4.69) is 15.6 Å². The zero-order chi connectivity index (χ0) is 17.5. The monoisotopic (exact) mass is 328 g/mol. The van der Waals surface area contributed by atoms with Gasteiger partial charge in [0, 0.05) is 45.6 Å². The van der Waals surface area contributed by atoms with Gasteiger partial charge in [-0.15, -0.1) is 0 Å². The van der Waals surface area contributed by atoms with Gasteiger partial charge in [0.2, 0.25) is 5.91 Å². The van der Waals surface area contributed by atoms with Crippen LogP contribution in [-0.2, 0) is 14.3 Å². The first-order valence-corrected chi connectivity index (χ1v) is 8.54. The van der Waals surface area contributed by atoms with Crippen molar-refractivity contribution in [2.24, 2.45) is 4.99 Å². The van der Waals surface area contributed by atoms with Crippen molar-refractivity contribution in [1.29, 1.82) is 0 Å². The molecule has 0 rings (SSSR count). The molecule has 0 fully saturated rings. The summed E-state index contributed by atoms with van der Waals surface area (Å²) < 4.78 is 4.87. The third-order valence-electron chi connectivity index (χ3n) is 3.21. The molecule has 0 heterocycles. The number of rotatable bonds is 11. The van der Waals surface area contributed by atoms with Crippen LogP contribution in [0.1, 0.15) is 47.0 Å². The number of hydrogen-bond donors (Lipinski definition) is 2. The summed E-state index contributed by atoms with van der Waals surface area (Å²) >= 11 is 0. The summed E-state index contributed by atoms with van der Waals surface area (Å²) in [6.45, 7) is 11.4. The summed E-state index contributed by atoms with van der Waals surface area (Å²) in [7, 11) is 0. The molecule has 0 unspecified atom stereocenters. The van der Waals surface area contributed by atoms with E-state index in [-0.39, 0.29) is 11.9 Å². The van der Waals surface area contributed by atoms with Gasteiger partial charge in [-0.25, -0.2) is 0 Å². The third-order valence-corrected chi connectivity index (χ3v) is 3.21. The van der Waals surface area contributed by atoms with Gasteiger partial charge in [0.25, 0.3) is 0 Å². The molecule has 2 N–H and O–H groups in total. The van der Waals surface area contributed by atoms with Crippen LogP contribution < -0.4 is 10.6 Å². The number of hydrogen-bond acceptors (Lipinski definition) is 4. The number of carbonyl (C=O) groups is 2. The van der Waals surface area contributed by atoms with Crippen molar-refractivity contribution in [3.8, 4) is 0 Å². The Morgan fingerprint density at radius 3 is 2.30 bits per heavy atom. The van der Waals surface area contributed by atoms with Gasteiger partial charge >= 0.3 is 5.97 Å². The quantitative estimate of drug-likeness (QED) is 0.257. The summed E-state index contributed by atoms with van der Waals surface area (Å²) in [4.78, 5) is 29.4. The molecule has 0 saturated heterocycles. The molecular formula is C16H32N4O3. The van der Waals surface area contributed by atoms with E-state index in [1.165, 1.54) is 0 Å². The number of guanidine groups is 1. The van der Waals surface area contributed by atoms with Crippen LogP contribution in [0.5, 0.6) is 0 Å². The van der Waals surface area contributed by atoms with Crippen molar-refractivity contribution in [2.75, 3.05) is 39.3 Å². The minimum atomic E-state index is -0.189. The number of nitrogens with one attached hydrogen (secondary N) is 2. The highest BCUT2D eigenvalue weighted by molar-refractivity contribution is 5.81. The Morgan fingerprint density at radius 2 is 1.74 bits per heavy atom. The van der Waals surface area contributed by atoms with Crippen molar-refractivity contribution < 1.29 is 14.3 Å². The second-order valence-corrected chi connectivity index (χ2v) is 4.91. The first kappa shape index (κ1) is 21.2. The van der Waals surface area contributed by atoms with Crippen LogP contribution in [-0.4, -0.2) is 62.1 Å². The molecule has 1 amide bonds. The molecule has 0 aliphatic rings. The Hall–Kier alpha value is -1.79. The molecule has 0 aliphatic carbocycles. The van der Waals surface area contributed by atoms with Crippen LogP contribution in [0.3, 0.4) is 0 Å². The van der Waals surface area contributed by atoms with E-state index < -0.39 is 0 Å². The average molecular weight is 328 g/mol. The molecular weight excluding hydrogens is 296 g/mol. The van der Waals surface area contributed by atoms with E-state index >= 15 is 0 Å². The molecule has 0 radical (unpaired) electrons. The number of aliphatic imine (C=N–C) groups is 1. The highest BCUT2D eigenvalue weighted by Gasteiger charge is 2.09. The molecule has 0 saturated carbocycles. The van der Waals surface area contributed by atoms with E-state index in [1.807, 2.05) is 25.7 Å². The maximum absolute atomic E-state index is 11.9. The molecule has 0 bridgehead atoms. The Morgan fingerprint density at radius 1 is 1.04 bits per heavy atom. The second kappa shape index (κ2) is 13.8. The summed E-state index contributed by atoms with van der Waals surface area (Å²) in [6, 6.07) is 0. The minimum Gasteiger partial charge on any atom is -0.466 e. The predicted molar refractivity (Wildman–Crippen MR) is 92.4 cm³/mol. The number of carbonyl (C=O) groups excluding carboxylic acids is 2. The van der Waals surface area contributed by atoms with Crippen LogP contribution in [0.15, 0.2) is 4.99 Å². The Balaban J connectivity index is 4.12. The Bertz CT molecular complexity index is 368. The fourth-order valence-electron chi connectivity index (χ4n) is 2.01. The molecule has 0 aromatic rings. The maximum atomic E-state index is 11.9. The van der Waals surface area contributed by atoms with E-state index in [9.17, 15) is 9.59 Å².